The van der Waals surface area contributed by atoms with Gasteiger partial charge in [0.05, 0.1) is 17.3 Å². The van der Waals surface area contributed by atoms with Gasteiger partial charge in [-0.05, 0) is 61.0 Å². The zero-order chi connectivity index (χ0) is 27.5. The number of anilines is 1. The van der Waals surface area contributed by atoms with Gasteiger partial charge in [0, 0.05) is 38.6 Å². The molecular formula is C27H20Cl3N7O2. The van der Waals surface area contributed by atoms with Gasteiger partial charge < -0.3 is 10.6 Å². The first-order chi connectivity index (χ1) is 18.8. The molecule has 0 spiro atoms. The Morgan fingerprint density at radius 1 is 0.974 bits per heavy atom. The predicted molar refractivity (Wildman–Crippen MR) is 151 cm³/mol. The van der Waals surface area contributed by atoms with Crippen LogP contribution in [-0.4, -0.2) is 36.8 Å². The molecule has 0 unspecified atom stereocenters. The first-order valence-corrected chi connectivity index (χ1v) is 12.8. The smallest absolute Gasteiger partial charge is 0.276 e. The van der Waals surface area contributed by atoms with E-state index in [-0.39, 0.29) is 18.1 Å². The monoisotopic (exact) mass is 579 g/mol. The SMILES string of the molecule is Cc1cn(-c2ccc(Cl)cc2Cl)nc1C(=O)Nc1ccc(Cl)cc1-c1cccc(C(=O)NCc2ncn[nH]2)c1. The molecule has 0 radical (unpaired) electrons. The molecule has 0 aliphatic carbocycles. The number of carbonyl (C=O) groups excluding carboxylic acids is 2. The molecule has 2 amide bonds. The molecule has 5 aromatic rings. The predicted octanol–water partition coefficient (Wildman–Crippen LogP) is 6.11. The summed E-state index contributed by atoms with van der Waals surface area (Å²) in [5, 5.41) is 18.0. The van der Waals surface area contributed by atoms with E-state index in [9.17, 15) is 9.59 Å². The van der Waals surface area contributed by atoms with E-state index in [1.165, 1.54) is 11.0 Å². The summed E-state index contributed by atoms with van der Waals surface area (Å²) in [6.45, 7) is 1.99. The van der Waals surface area contributed by atoms with Crippen LogP contribution in [0.25, 0.3) is 16.8 Å². The number of rotatable bonds is 7. The van der Waals surface area contributed by atoms with E-state index in [4.69, 9.17) is 34.8 Å². The van der Waals surface area contributed by atoms with Gasteiger partial charge in [0.15, 0.2) is 5.69 Å². The third-order valence-corrected chi connectivity index (χ3v) is 6.59. The number of nitrogens with zero attached hydrogens (tertiary/aromatic N) is 4. The number of H-pyrrole nitrogens is 1. The lowest BCUT2D eigenvalue weighted by molar-refractivity contribution is 0.0949. The lowest BCUT2D eigenvalue weighted by Gasteiger charge is -2.13. The minimum atomic E-state index is -0.416. The Bertz CT molecular complexity index is 1680. The highest BCUT2D eigenvalue weighted by Crippen LogP contribution is 2.32. The van der Waals surface area contributed by atoms with Crippen LogP contribution in [0.3, 0.4) is 0 Å². The average Bonchev–Trinajstić information content (AvgIpc) is 3.58. The molecule has 3 N–H and O–H groups in total. The van der Waals surface area contributed by atoms with Crippen molar-refractivity contribution in [2.75, 3.05) is 5.32 Å². The van der Waals surface area contributed by atoms with E-state index in [1.54, 1.807) is 67.7 Å². The summed E-state index contributed by atoms with van der Waals surface area (Å²) < 4.78 is 1.53. The van der Waals surface area contributed by atoms with Gasteiger partial charge in [0.2, 0.25) is 0 Å². The molecule has 0 bridgehead atoms. The standard InChI is InChI=1S/C27H20Cl3N7O2/c1-15-13-37(23-8-6-19(29)11-21(23)30)36-25(15)27(39)34-22-7-5-18(28)10-20(22)16-3-2-4-17(9-16)26(38)31-12-24-32-14-33-35-24/h2-11,13-14H,12H2,1H3,(H,31,38)(H,34,39)(H,32,33,35). The Hall–Kier alpha value is -4.18. The quantitative estimate of drug-likeness (QED) is 0.215. The van der Waals surface area contributed by atoms with Crippen molar-refractivity contribution in [3.63, 3.8) is 0 Å². The molecule has 196 valence electrons. The molecule has 3 aromatic carbocycles. The molecule has 39 heavy (non-hydrogen) atoms. The maximum Gasteiger partial charge on any atom is 0.276 e. The zero-order valence-electron chi connectivity index (χ0n) is 20.4. The summed E-state index contributed by atoms with van der Waals surface area (Å²) in [4.78, 5) is 30.0. The number of hydrogen-bond donors (Lipinski definition) is 3. The molecule has 9 nitrogen and oxygen atoms in total. The van der Waals surface area contributed by atoms with Gasteiger partial charge in [-0.2, -0.15) is 10.2 Å². The number of amides is 2. The Balaban J connectivity index is 1.40. The summed E-state index contributed by atoms with van der Waals surface area (Å²) in [5.41, 5.74) is 3.73. The fourth-order valence-corrected chi connectivity index (χ4v) is 4.60. The number of halogens is 3. The average molecular weight is 581 g/mol. The van der Waals surface area contributed by atoms with Crippen molar-refractivity contribution in [1.82, 2.24) is 30.3 Å². The summed E-state index contributed by atoms with van der Waals surface area (Å²) in [6.07, 6.45) is 3.09. The number of nitrogens with one attached hydrogen (secondary N) is 3. The van der Waals surface area contributed by atoms with Gasteiger partial charge in [-0.3, -0.25) is 14.7 Å². The van der Waals surface area contributed by atoms with Crippen molar-refractivity contribution < 1.29 is 9.59 Å². The van der Waals surface area contributed by atoms with Crippen molar-refractivity contribution in [2.45, 2.75) is 13.5 Å². The van der Waals surface area contributed by atoms with E-state index in [0.29, 0.717) is 54.5 Å². The van der Waals surface area contributed by atoms with Crippen LogP contribution in [0.2, 0.25) is 15.1 Å². The normalized spacial score (nSPS) is 10.9. The molecule has 0 fully saturated rings. The second-order valence-corrected chi connectivity index (χ2v) is 9.82. The van der Waals surface area contributed by atoms with Crippen molar-refractivity contribution >= 4 is 52.3 Å². The van der Waals surface area contributed by atoms with Crippen LogP contribution < -0.4 is 10.6 Å². The summed E-state index contributed by atoms with van der Waals surface area (Å²) in [7, 11) is 0. The van der Waals surface area contributed by atoms with E-state index >= 15 is 0 Å². The molecule has 2 aromatic heterocycles. The largest absolute Gasteiger partial charge is 0.345 e. The molecule has 2 heterocycles. The van der Waals surface area contributed by atoms with Crippen LogP contribution in [0.15, 0.2) is 73.2 Å². The number of hydrogen-bond acceptors (Lipinski definition) is 5. The first-order valence-electron chi connectivity index (χ1n) is 11.6. The third kappa shape index (κ3) is 5.96. The lowest BCUT2D eigenvalue weighted by Crippen LogP contribution is -2.23. The highest BCUT2D eigenvalue weighted by molar-refractivity contribution is 6.35. The molecule has 0 atom stereocenters. The minimum Gasteiger partial charge on any atom is -0.345 e. The fraction of sp³-hybridized carbons (Fsp3) is 0.0741. The molecule has 0 saturated carbocycles. The van der Waals surface area contributed by atoms with Gasteiger partial charge in [0.25, 0.3) is 11.8 Å². The van der Waals surface area contributed by atoms with E-state index < -0.39 is 5.91 Å². The Morgan fingerprint density at radius 2 is 1.77 bits per heavy atom. The summed E-state index contributed by atoms with van der Waals surface area (Å²) in [5.74, 6) is -0.167. The third-order valence-electron chi connectivity index (χ3n) is 5.82. The second-order valence-electron chi connectivity index (χ2n) is 8.54. The molecule has 0 aliphatic rings. The molecule has 0 saturated heterocycles. The fourth-order valence-electron chi connectivity index (χ4n) is 3.93. The van der Waals surface area contributed by atoms with Crippen LogP contribution in [0.4, 0.5) is 5.69 Å². The number of benzene rings is 3. The summed E-state index contributed by atoms with van der Waals surface area (Å²) in [6, 6.07) is 17.1. The Kier molecular flexibility index (Phi) is 7.65. The van der Waals surface area contributed by atoms with Crippen LogP contribution in [0, 0.1) is 6.92 Å². The summed E-state index contributed by atoms with van der Waals surface area (Å²) >= 11 is 18.6. The topological polar surface area (TPSA) is 118 Å². The number of carbonyl (C=O) groups is 2. The van der Waals surface area contributed by atoms with Gasteiger partial charge >= 0.3 is 0 Å². The van der Waals surface area contributed by atoms with E-state index in [1.807, 2.05) is 6.07 Å². The van der Waals surface area contributed by atoms with E-state index in [0.717, 1.165) is 0 Å². The van der Waals surface area contributed by atoms with Crippen molar-refractivity contribution in [1.29, 1.82) is 0 Å². The maximum absolute atomic E-state index is 13.3. The Morgan fingerprint density at radius 3 is 2.54 bits per heavy atom. The number of aryl methyl sites for hydroxylation is 1. The van der Waals surface area contributed by atoms with Crippen LogP contribution in [0.1, 0.15) is 32.2 Å². The second kappa shape index (κ2) is 11.3. The van der Waals surface area contributed by atoms with Crippen molar-refractivity contribution in [3.8, 4) is 16.8 Å². The molecule has 0 aliphatic heterocycles. The van der Waals surface area contributed by atoms with Crippen LogP contribution in [-0.2, 0) is 6.54 Å². The Labute approximate surface area is 238 Å². The van der Waals surface area contributed by atoms with Crippen molar-refractivity contribution in [2.24, 2.45) is 0 Å². The highest BCUT2D eigenvalue weighted by Gasteiger charge is 2.19. The molecule has 5 rings (SSSR count). The zero-order valence-corrected chi connectivity index (χ0v) is 22.6. The van der Waals surface area contributed by atoms with Crippen LogP contribution in [0.5, 0.6) is 0 Å². The number of aromatic amines is 1. The van der Waals surface area contributed by atoms with Gasteiger partial charge in [-0.25, -0.2) is 9.67 Å². The maximum atomic E-state index is 13.3. The lowest BCUT2D eigenvalue weighted by atomic mass is 10.0. The van der Waals surface area contributed by atoms with Gasteiger partial charge in [-0.1, -0.05) is 46.9 Å². The van der Waals surface area contributed by atoms with E-state index in [2.05, 4.69) is 30.9 Å². The number of aromatic nitrogens is 5. The van der Waals surface area contributed by atoms with Gasteiger partial charge in [-0.15, -0.1) is 0 Å². The molecular weight excluding hydrogens is 561 g/mol. The van der Waals surface area contributed by atoms with Gasteiger partial charge in [0.1, 0.15) is 12.2 Å². The molecule has 12 heteroatoms. The first kappa shape index (κ1) is 26.4. The minimum absolute atomic E-state index is 0.203. The van der Waals surface area contributed by atoms with Crippen molar-refractivity contribution in [3.05, 3.63) is 111 Å². The highest BCUT2D eigenvalue weighted by atomic mass is 35.5. The van der Waals surface area contributed by atoms with Crippen LogP contribution >= 0.6 is 34.8 Å².